The van der Waals surface area contributed by atoms with Crippen molar-refractivity contribution in [2.45, 2.75) is 25.8 Å². The molecule has 1 unspecified atom stereocenters. The maximum Gasteiger partial charge on any atom is 0.0361 e. The van der Waals surface area contributed by atoms with Crippen LogP contribution in [0.1, 0.15) is 31.4 Å². The molecule has 0 saturated heterocycles. The van der Waals surface area contributed by atoms with Crippen molar-refractivity contribution < 1.29 is 0 Å². The number of rotatable bonds is 6. The lowest BCUT2D eigenvalue weighted by molar-refractivity contribution is 0.540. The maximum atomic E-state index is 4.18. The number of benzene rings is 1. The molecule has 0 aliphatic heterocycles. The van der Waals surface area contributed by atoms with Crippen LogP contribution in [0, 0.1) is 0 Å². The van der Waals surface area contributed by atoms with Crippen molar-refractivity contribution in [3.8, 4) is 0 Å². The first-order chi connectivity index (χ1) is 8.86. The maximum absolute atomic E-state index is 4.18. The van der Waals surface area contributed by atoms with Crippen LogP contribution in [-0.4, -0.2) is 11.5 Å². The molecule has 0 spiro atoms. The Labute approximate surface area is 109 Å². The Morgan fingerprint density at radius 3 is 3.06 bits per heavy atom. The predicted octanol–water partition coefficient (Wildman–Crippen LogP) is 3.85. The number of fused-ring (bicyclic) bond motifs is 1. The van der Waals surface area contributed by atoms with Gasteiger partial charge in [-0.2, -0.15) is 0 Å². The minimum Gasteiger partial charge on any atom is -0.310 e. The van der Waals surface area contributed by atoms with E-state index in [4.69, 9.17) is 0 Å². The van der Waals surface area contributed by atoms with Gasteiger partial charge in [0.1, 0.15) is 0 Å². The monoisotopic (exact) mass is 240 g/mol. The van der Waals surface area contributed by atoms with Crippen LogP contribution in [-0.2, 0) is 0 Å². The third-order valence-corrected chi connectivity index (χ3v) is 3.13. The van der Waals surface area contributed by atoms with Gasteiger partial charge < -0.3 is 5.32 Å². The van der Waals surface area contributed by atoms with Gasteiger partial charge in [-0.3, -0.25) is 4.98 Å². The Bertz CT molecular complexity index is 514. The fraction of sp³-hybridized carbons (Fsp3) is 0.312. The van der Waals surface area contributed by atoms with Crippen molar-refractivity contribution in [1.29, 1.82) is 0 Å². The zero-order valence-corrected chi connectivity index (χ0v) is 10.9. The first-order valence-corrected chi connectivity index (χ1v) is 6.53. The van der Waals surface area contributed by atoms with Crippen molar-refractivity contribution in [2.75, 3.05) is 6.54 Å². The van der Waals surface area contributed by atoms with Crippen molar-refractivity contribution in [1.82, 2.24) is 10.3 Å². The van der Waals surface area contributed by atoms with E-state index in [9.17, 15) is 0 Å². The van der Waals surface area contributed by atoms with E-state index < -0.39 is 0 Å². The normalized spacial score (nSPS) is 12.5. The van der Waals surface area contributed by atoms with E-state index in [2.05, 4.69) is 48.1 Å². The number of aromatic nitrogens is 1. The zero-order valence-electron chi connectivity index (χ0n) is 10.9. The van der Waals surface area contributed by atoms with Gasteiger partial charge in [0.05, 0.1) is 0 Å². The van der Waals surface area contributed by atoms with E-state index in [1.54, 1.807) is 0 Å². The van der Waals surface area contributed by atoms with Crippen LogP contribution < -0.4 is 5.32 Å². The molecule has 1 N–H and O–H groups in total. The lowest BCUT2D eigenvalue weighted by Gasteiger charge is -2.19. The molecule has 0 amide bonds. The fourth-order valence-corrected chi connectivity index (χ4v) is 2.26. The summed E-state index contributed by atoms with van der Waals surface area (Å²) in [6, 6.07) is 8.83. The molecule has 1 aromatic heterocycles. The van der Waals surface area contributed by atoms with Gasteiger partial charge in [-0.15, -0.1) is 6.58 Å². The van der Waals surface area contributed by atoms with Gasteiger partial charge in [0.2, 0.25) is 0 Å². The van der Waals surface area contributed by atoms with Crippen LogP contribution >= 0.6 is 0 Å². The predicted molar refractivity (Wildman–Crippen MR) is 77.6 cm³/mol. The lowest BCUT2D eigenvalue weighted by Crippen LogP contribution is -2.21. The van der Waals surface area contributed by atoms with Crippen molar-refractivity contribution in [2.24, 2.45) is 0 Å². The van der Waals surface area contributed by atoms with Gasteiger partial charge in [0.15, 0.2) is 0 Å². The largest absolute Gasteiger partial charge is 0.310 e. The highest BCUT2D eigenvalue weighted by atomic mass is 14.9. The van der Waals surface area contributed by atoms with Crippen LogP contribution in [0.4, 0.5) is 0 Å². The SMILES string of the molecule is C=CCC(NCCC)c1cccc2cnccc12. The summed E-state index contributed by atoms with van der Waals surface area (Å²) in [6.45, 7) is 7.08. The van der Waals surface area contributed by atoms with Gasteiger partial charge in [0.25, 0.3) is 0 Å². The summed E-state index contributed by atoms with van der Waals surface area (Å²) in [4.78, 5) is 4.18. The van der Waals surface area contributed by atoms with Crippen LogP contribution in [0.15, 0.2) is 49.3 Å². The Hall–Kier alpha value is -1.67. The second-order valence-electron chi connectivity index (χ2n) is 4.48. The number of hydrogen-bond acceptors (Lipinski definition) is 2. The van der Waals surface area contributed by atoms with Gasteiger partial charge >= 0.3 is 0 Å². The smallest absolute Gasteiger partial charge is 0.0361 e. The number of hydrogen-bond donors (Lipinski definition) is 1. The molecular formula is C16H20N2. The quantitative estimate of drug-likeness (QED) is 0.776. The highest BCUT2D eigenvalue weighted by Crippen LogP contribution is 2.25. The van der Waals surface area contributed by atoms with Crippen molar-refractivity contribution in [3.63, 3.8) is 0 Å². The highest BCUT2D eigenvalue weighted by molar-refractivity contribution is 5.85. The van der Waals surface area contributed by atoms with Crippen LogP contribution in [0.3, 0.4) is 0 Å². The number of nitrogens with one attached hydrogen (secondary N) is 1. The molecule has 1 aromatic carbocycles. The third kappa shape index (κ3) is 2.77. The zero-order chi connectivity index (χ0) is 12.8. The summed E-state index contributed by atoms with van der Waals surface area (Å²) in [5, 5.41) is 6.06. The van der Waals surface area contributed by atoms with Gasteiger partial charge in [0, 0.05) is 23.8 Å². The topological polar surface area (TPSA) is 24.9 Å². The summed E-state index contributed by atoms with van der Waals surface area (Å²) in [7, 11) is 0. The van der Waals surface area contributed by atoms with Crippen LogP contribution in [0.2, 0.25) is 0 Å². The van der Waals surface area contributed by atoms with Crippen LogP contribution in [0.5, 0.6) is 0 Å². The summed E-state index contributed by atoms with van der Waals surface area (Å²) < 4.78 is 0. The molecule has 2 nitrogen and oxygen atoms in total. The number of nitrogens with zero attached hydrogens (tertiary/aromatic N) is 1. The molecule has 1 heterocycles. The molecule has 1 atom stereocenters. The minimum absolute atomic E-state index is 0.341. The molecule has 2 aromatic rings. The number of pyridine rings is 1. The summed E-state index contributed by atoms with van der Waals surface area (Å²) in [5.41, 5.74) is 1.34. The van der Waals surface area contributed by atoms with Crippen molar-refractivity contribution >= 4 is 10.8 Å². The Kier molecular flexibility index (Phi) is 4.48. The Morgan fingerprint density at radius 1 is 1.39 bits per heavy atom. The molecule has 0 saturated carbocycles. The molecular weight excluding hydrogens is 220 g/mol. The molecule has 2 heteroatoms. The van der Waals surface area contributed by atoms with E-state index in [1.165, 1.54) is 16.3 Å². The van der Waals surface area contributed by atoms with Gasteiger partial charge in [-0.1, -0.05) is 31.2 Å². The fourth-order valence-electron chi connectivity index (χ4n) is 2.26. The third-order valence-electron chi connectivity index (χ3n) is 3.13. The first kappa shape index (κ1) is 12.8. The second kappa shape index (κ2) is 6.31. The Morgan fingerprint density at radius 2 is 2.28 bits per heavy atom. The second-order valence-corrected chi connectivity index (χ2v) is 4.48. The van der Waals surface area contributed by atoms with Crippen molar-refractivity contribution in [3.05, 3.63) is 54.9 Å². The van der Waals surface area contributed by atoms with Crippen LogP contribution in [0.25, 0.3) is 10.8 Å². The molecule has 18 heavy (non-hydrogen) atoms. The molecule has 0 radical (unpaired) electrons. The average molecular weight is 240 g/mol. The van der Waals surface area contributed by atoms with Gasteiger partial charge in [-0.25, -0.2) is 0 Å². The van der Waals surface area contributed by atoms with E-state index in [-0.39, 0.29) is 0 Å². The van der Waals surface area contributed by atoms with E-state index in [0.717, 1.165) is 19.4 Å². The first-order valence-electron chi connectivity index (χ1n) is 6.53. The molecule has 0 fully saturated rings. The van der Waals surface area contributed by atoms with E-state index in [1.807, 2.05) is 18.5 Å². The van der Waals surface area contributed by atoms with E-state index >= 15 is 0 Å². The summed E-state index contributed by atoms with van der Waals surface area (Å²) in [6.07, 6.45) is 7.84. The van der Waals surface area contributed by atoms with E-state index in [0.29, 0.717) is 6.04 Å². The van der Waals surface area contributed by atoms with Gasteiger partial charge in [-0.05, 0) is 36.4 Å². The molecule has 2 rings (SSSR count). The molecule has 0 aliphatic rings. The lowest BCUT2D eigenvalue weighted by atomic mass is 9.97. The highest BCUT2D eigenvalue weighted by Gasteiger charge is 2.11. The molecule has 94 valence electrons. The summed E-state index contributed by atoms with van der Waals surface area (Å²) >= 11 is 0. The minimum atomic E-state index is 0.341. The standard InChI is InChI=1S/C16H20N2/c1-3-6-16(18-10-4-2)15-8-5-7-13-12-17-11-9-14(13)15/h3,5,7-9,11-12,16,18H,1,4,6,10H2,2H3. The molecule has 0 bridgehead atoms. The average Bonchev–Trinajstić information content (AvgIpc) is 2.43. The summed E-state index contributed by atoms with van der Waals surface area (Å²) in [5.74, 6) is 0. The molecule has 0 aliphatic carbocycles. The Balaban J connectivity index is 2.39.